The second kappa shape index (κ2) is 8.46. The van der Waals surface area contributed by atoms with E-state index in [-0.39, 0.29) is 11.3 Å². The minimum Gasteiger partial charge on any atom is -0.384 e. The van der Waals surface area contributed by atoms with Crippen molar-refractivity contribution < 1.29 is 8.95 Å². The van der Waals surface area contributed by atoms with Gasteiger partial charge in [-0.2, -0.15) is 0 Å². The van der Waals surface area contributed by atoms with Crippen molar-refractivity contribution in [1.82, 2.24) is 5.32 Å². The zero-order valence-corrected chi connectivity index (χ0v) is 13.1. The summed E-state index contributed by atoms with van der Waals surface area (Å²) in [7, 11) is 2.67. The van der Waals surface area contributed by atoms with Gasteiger partial charge < -0.3 is 10.1 Å². The zero-order valence-electron chi connectivity index (χ0n) is 12.3. The second-order valence-corrected chi connectivity index (χ2v) is 6.68. The first-order valence-electron chi connectivity index (χ1n) is 6.70. The van der Waals surface area contributed by atoms with Gasteiger partial charge in [0.25, 0.3) is 0 Å². The van der Waals surface area contributed by atoms with Crippen molar-refractivity contribution in [1.29, 1.82) is 0 Å². The summed E-state index contributed by atoms with van der Waals surface area (Å²) in [5, 5.41) is 3.41. The van der Waals surface area contributed by atoms with Crippen LogP contribution < -0.4 is 5.32 Å². The van der Waals surface area contributed by atoms with E-state index in [1.54, 1.807) is 7.11 Å². The summed E-state index contributed by atoms with van der Waals surface area (Å²) in [6.07, 6.45) is 0. The van der Waals surface area contributed by atoms with Crippen molar-refractivity contribution in [2.45, 2.75) is 25.1 Å². The molecule has 0 spiro atoms. The topological polar surface area (TPSA) is 38.3 Å². The highest BCUT2D eigenvalue weighted by atomic mass is 32.2. The summed E-state index contributed by atoms with van der Waals surface area (Å²) in [6.45, 7) is 4.80. The smallest absolute Gasteiger partial charge is 0.0577 e. The van der Waals surface area contributed by atoms with Gasteiger partial charge in [-0.15, -0.1) is 0 Å². The van der Waals surface area contributed by atoms with Crippen molar-refractivity contribution in [3.8, 4) is 0 Å². The van der Waals surface area contributed by atoms with Gasteiger partial charge in [0, 0.05) is 29.7 Å². The van der Waals surface area contributed by atoms with Crippen molar-refractivity contribution in [2.24, 2.45) is 5.92 Å². The number of methoxy groups -OCH3 is 1. The minimum atomic E-state index is -0.906. The van der Waals surface area contributed by atoms with Crippen LogP contribution in [0.4, 0.5) is 0 Å². The largest absolute Gasteiger partial charge is 0.384 e. The summed E-state index contributed by atoms with van der Waals surface area (Å²) < 4.78 is 17.6. The molecule has 0 aromatic heterocycles. The van der Waals surface area contributed by atoms with E-state index in [1.165, 1.54) is 5.56 Å². The minimum absolute atomic E-state index is 0.0857. The van der Waals surface area contributed by atoms with E-state index in [1.807, 2.05) is 25.2 Å². The maximum atomic E-state index is 12.5. The third kappa shape index (κ3) is 4.71. The Labute approximate surface area is 119 Å². The standard InChI is InChI=1S/C15H25NO2S/c1-12(2)15(19(17)11-10-18-4)14(16-3)13-8-6-5-7-9-13/h5-9,12,14-16H,10-11H2,1-4H3. The first-order valence-corrected chi connectivity index (χ1v) is 8.08. The Kier molecular flexibility index (Phi) is 7.28. The van der Waals surface area contributed by atoms with Gasteiger partial charge in [-0.05, 0) is 18.5 Å². The summed E-state index contributed by atoms with van der Waals surface area (Å²) in [4.78, 5) is 0. The molecular formula is C15H25NO2S. The average Bonchev–Trinajstić information content (AvgIpc) is 2.42. The molecule has 0 fully saturated rings. The molecule has 0 aliphatic heterocycles. The van der Waals surface area contributed by atoms with E-state index in [0.717, 1.165) is 0 Å². The van der Waals surface area contributed by atoms with Crippen LogP contribution in [0.25, 0.3) is 0 Å². The van der Waals surface area contributed by atoms with Crippen LogP contribution in [0.3, 0.4) is 0 Å². The highest BCUT2D eigenvalue weighted by molar-refractivity contribution is 7.85. The van der Waals surface area contributed by atoms with Crippen LogP contribution in [0.2, 0.25) is 0 Å². The molecular weight excluding hydrogens is 258 g/mol. The quantitative estimate of drug-likeness (QED) is 0.796. The molecule has 4 heteroatoms. The lowest BCUT2D eigenvalue weighted by molar-refractivity contribution is 0.217. The van der Waals surface area contributed by atoms with Gasteiger partial charge >= 0.3 is 0 Å². The normalized spacial score (nSPS) is 16.3. The zero-order chi connectivity index (χ0) is 14.3. The Balaban J connectivity index is 2.92. The van der Waals surface area contributed by atoms with Crippen LogP contribution in [0.5, 0.6) is 0 Å². The number of benzene rings is 1. The number of rotatable bonds is 8. The van der Waals surface area contributed by atoms with E-state index in [0.29, 0.717) is 18.3 Å². The van der Waals surface area contributed by atoms with Gasteiger partial charge in [0.2, 0.25) is 0 Å². The van der Waals surface area contributed by atoms with E-state index in [9.17, 15) is 4.21 Å². The Hall–Kier alpha value is -0.710. The monoisotopic (exact) mass is 283 g/mol. The van der Waals surface area contributed by atoms with Crippen molar-refractivity contribution >= 4 is 10.8 Å². The summed E-state index contributed by atoms with van der Waals surface area (Å²) in [5.41, 5.74) is 1.19. The summed E-state index contributed by atoms with van der Waals surface area (Å²) >= 11 is 0. The lowest BCUT2D eigenvalue weighted by atomic mass is 9.96. The molecule has 0 heterocycles. The molecule has 0 bridgehead atoms. The maximum Gasteiger partial charge on any atom is 0.0577 e. The van der Waals surface area contributed by atoms with Crippen LogP contribution in [-0.2, 0) is 15.5 Å². The van der Waals surface area contributed by atoms with Crippen LogP contribution in [-0.4, -0.2) is 36.0 Å². The molecule has 0 aliphatic carbocycles. The second-order valence-electron chi connectivity index (χ2n) is 4.96. The highest BCUT2D eigenvalue weighted by Crippen LogP contribution is 2.26. The number of ether oxygens (including phenoxy) is 1. The Morgan fingerprint density at radius 1 is 1.26 bits per heavy atom. The van der Waals surface area contributed by atoms with E-state index >= 15 is 0 Å². The fourth-order valence-electron chi connectivity index (χ4n) is 2.32. The lowest BCUT2D eigenvalue weighted by Crippen LogP contribution is -2.38. The molecule has 0 aliphatic rings. The molecule has 1 aromatic rings. The van der Waals surface area contributed by atoms with Crippen molar-refractivity contribution in [3.05, 3.63) is 35.9 Å². The molecule has 0 radical (unpaired) electrons. The predicted molar refractivity (Wildman–Crippen MR) is 81.8 cm³/mol. The van der Waals surface area contributed by atoms with Gasteiger partial charge in [-0.1, -0.05) is 44.2 Å². The van der Waals surface area contributed by atoms with Crippen molar-refractivity contribution in [3.63, 3.8) is 0 Å². The molecule has 3 atom stereocenters. The highest BCUT2D eigenvalue weighted by Gasteiger charge is 2.29. The van der Waals surface area contributed by atoms with E-state index in [2.05, 4.69) is 31.3 Å². The SMILES string of the molecule is CNC(c1ccccc1)C(C(C)C)S(=O)CCOC. The number of hydrogen-bond acceptors (Lipinski definition) is 3. The molecule has 108 valence electrons. The molecule has 1 N–H and O–H groups in total. The molecule has 1 aromatic carbocycles. The summed E-state index contributed by atoms with van der Waals surface area (Å²) in [6, 6.07) is 10.3. The molecule has 19 heavy (non-hydrogen) atoms. The molecule has 1 rings (SSSR count). The van der Waals surface area contributed by atoms with Crippen molar-refractivity contribution in [2.75, 3.05) is 26.5 Å². The average molecular weight is 283 g/mol. The number of nitrogens with one attached hydrogen (secondary N) is 1. The predicted octanol–water partition coefficient (Wildman–Crippen LogP) is 2.37. The van der Waals surface area contributed by atoms with Gasteiger partial charge in [-0.3, -0.25) is 4.21 Å². The third-order valence-corrected chi connectivity index (χ3v) is 5.24. The van der Waals surface area contributed by atoms with Gasteiger partial charge in [-0.25, -0.2) is 0 Å². The Bertz CT molecular complexity index is 381. The van der Waals surface area contributed by atoms with E-state index < -0.39 is 10.8 Å². The van der Waals surface area contributed by atoms with Gasteiger partial charge in [0.1, 0.15) is 0 Å². The first-order chi connectivity index (χ1) is 9.11. The van der Waals surface area contributed by atoms with E-state index in [4.69, 9.17) is 4.74 Å². The van der Waals surface area contributed by atoms with Crippen LogP contribution in [0.1, 0.15) is 25.5 Å². The van der Waals surface area contributed by atoms with Gasteiger partial charge in [0.05, 0.1) is 11.9 Å². The molecule has 0 saturated carbocycles. The third-order valence-electron chi connectivity index (χ3n) is 3.25. The van der Waals surface area contributed by atoms with Gasteiger partial charge in [0.15, 0.2) is 0 Å². The van der Waals surface area contributed by atoms with Crippen LogP contribution in [0, 0.1) is 5.92 Å². The molecule has 0 amide bonds. The Morgan fingerprint density at radius 2 is 1.89 bits per heavy atom. The fourth-order valence-corrected chi connectivity index (χ4v) is 4.13. The number of hydrogen-bond donors (Lipinski definition) is 1. The fraction of sp³-hybridized carbons (Fsp3) is 0.600. The van der Waals surface area contributed by atoms with Crippen LogP contribution >= 0.6 is 0 Å². The molecule has 0 saturated heterocycles. The maximum absolute atomic E-state index is 12.5. The Morgan fingerprint density at radius 3 is 2.37 bits per heavy atom. The summed E-state index contributed by atoms with van der Waals surface area (Å²) in [5.74, 6) is 0.931. The molecule has 3 unspecified atom stereocenters. The molecule has 3 nitrogen and oxygen atoms in total. The lowest BCUT2D eigenvalue weighted by Gasteiger charge is -2.29. The first kappa shape index (κ1) is 16.3. The van der Waals surface area contributed by atoms with Crippen LogP contribution in [0.15, 0.2) is 30.3 Å².